The Morgan fingerprint density at radius 1 is 0.433 bits per heavy atom. The van der Waals surface area contributed by atoms with Crippen molar-refractivity contribution >= 4 is 116 Å². The highest BCUT2D eigenvalue weighted by Gasteiger charge is 2.43. The first-order chi connectivity index (χ1) is 29.4. The summed E-state index contributed by atoms with van der Waals surface area (Å²) in [6, 6.07) is 62.6. The summed E-state index contributed by atoms with van der Waals surface area (Å²) in [5, 5.41) is 15.8. The van der Waals surface area contributed by atoms with Crippen molar-refractivity contribution in [2.45, 2.75) is 26.2 Å². The highest BCUT2D eigenvalue weighted by atomic mass is 15.0. The first-order valence-corrected chi connectivity index (χ1v) is 21.3. The Kier molecular flexibility index (Phi) is 5.52. The van der Waals surface area contributed by atoms with Crippen molar-refractivity contribution in [3.8, 4) is 22.5 Å². The van der Waals surface area contributed by atoms with Gasteiger partial charge in [0.25, 0.3) is 0 Å². The molecule has 0 aliphatic carbocycles. The summed E-state index contributed by atoms with van der Waals surface area (Å²) in [6.45, 7) is 6.94. The largest absolute Gasteiger partial charge is 0.375 e. The number of rotatable bonds is 1. The van der Waals surface area contributed by atoms with E-state index in [1.54, 1.807) is 0 Å². The molecule has 3 aromatic heterocycles. The van der Waals surface area contributed by atoms with E-state index < -0.39 is 0 Å². The number of nitrogens with zero attached hydrogens (tertiary/aromatic N) is 3. The van der Waals surface area contributed by atoms with Crippen molar-refractivity contribution < 1.29 is 0 Å². The van der Waals surface area contributed by atoms with Crippen LogP contribution in [0.5, 0.6) is 0 Å². The Balaban J connectivity index is 1.19. The van der Waals surface area contributed by atoms with Crippen LogP contribution in [-0.2, 0) is 5.41 Å². The number of aromatic nitrogens is 3. The highest BCUT2D eigenvalue weighted by molar-refractivity contribution is 6.90. The van der Waals surface area contributed by atoms with Crippen LogP contribution < -0.4 is 10.9 Å². The van der Waals surface area contributed by atoms with Crippen LogP contribution >= 0.6 is 0 Å². The molecule has 60 heavy (non-hydrogen) atoms. The second kappa shape index (κ2) is 10.5. The fraction of sp³-hybridized carbons (Fsp3) is 0.0714. The maximum absolute atomic E-state index is 2.74. The molecule has 10 aromatic carbocycles. The smallest absolute Gasteiger partial charge is 0.333 e. The van der Waals surface area contributed by atoms with Crippen molar-refractivity contribution in [1.82, 2.24) is 13.6 Å². The molecule has 0 atom stereocenters. The van der Waals surface area contributed by atoms with Gasteiger partial charge in [-0.15, -0.1) is 0 Å². The molecule has 5 heterocycles. The number of hydrogen-bond donors (Lipinski definition) is 0. The number of benzene rings is 10. The van der Waals surface area contributed by atoms with Crippen molar-refractivity contribution in [3.63, 3.8) is 0 Å². The summed E-state index contributed by atoms with van der Waals surface area (Å²) >= 11 is 0. The zero-order valence-electron chi connectivity index (χ0n) is 33.5. The van der Waals surface area contributed by atoms with Gasteiger partial charge in [-0.2, -0.15) is 0 Å². The Morgan fingerprint density at radius 2 is 1.07 bits per heavy atom. The first-order valence-electron chi connectivity index (χ1n) is 21.3. The third-order valence-electron chi connectivity index (χ3n) is 14.4. The van der Waals surface area contributed by atoms with E-state index in [-0.39, 0.29) is 12.3 Å². The van der Waals surface area contributed by atoms with Crippen LogP contribution in [0.1, 0.15) is 26.3 Å². The standard InChI is InChI=1S/C56H36BN3/c1-56(2,3)33-27-31-23-25-39-50-41(26-24-32(28-33)49(31)50)55-52-51(39)40-19-11-17-38-43-29-42-36-16-8-9-21-45(36)58(34-13-5-4-6-14-34)47(42)30-48(43)60(53(38)40)57(52)44-20-12-18-37-35-15-7-10-22-46(35)59(55)54(37)44/h4-30H,1-3H3. The van der Waals surface area contributed by atoms with Gasteiger partial charge in [-0.05, 0) is 85.4 Å². The number of para-hydroxylation sites is 5. The van der Waals surface area contributed by atoms with Crippen LogP contribution in [0.4, 0.5) is 0 Å². The lowest BCUT2D eigenvalue weighted by Gasteiger charge is -2.36. The van der Waals surface area contributed by atoms with Gasteiger partial charge < -0.3 is 13.6 Å². The third kappa shape index (κ3) is 3.59. The van der Waals surface area contributed by atoms with E-state index in [0.717, 1.165) is 0 Å². The summed E-state index contributed by atoms with van der Waals surface area (Å²) in [4.78, 5) is 0. The third-order valence-corrected chi connectivity index (χ3v) is 14.4. The lowest BCUT2D eigenvalue weighted by molar-refractivity contribution is 0.591. The lowest BCUT2D eigenvalue weighted by Crippen LogP contribution is -2.55. The molecule has 2 aliphatic rings. The molecular weight excluding hydrogens is 725 g/mol. The lowest BCUT2D eigenvalue weighted by atomic mass is 9.45. The quantitative estimate of drug-likeness (QED) is 0.117. The molecule has 0 bridgehead atoms. The highest BCUT2D eigenvalue weighted by Crippen LogP contribution is 2.50. The van der Waals surface area contributed by atoms with E-state index in [1.807, 2.05) is 0 Å². The molecule has 15 rings (SSSR count). The molecule has 0 saturated carbocycles. The minimum Gasteiger partial charge on any atom is -0.375 e. The van der Waals surface area contributed by atoms with E-state index in [1.165, 1.54) is 137 Å². The fourth-order valence-electron chi connectivity index (χ4n) is 12.0. The van der Waals surface area contributed by atoms with Gasteiger partial charge >= 0.3 is 6.85 Å². The molecular formula is C56H36BN3. The number of fused-ring (bicyclic) bond motifs is 15. The Bertz CT molecular complexity index is 4080. The maximum Gasteiger partial charge on any atom is 0.333 e. The summed E-state index contributed by atoms with van der Waals surface area (Å²) < 4.78 is 7.85. The van der Waals surface area contributed by atoms with Gasteiger partial charge in [0, 0.05) is 65.4 Å². The fourth-order valence-corrected chi connectivity index (χ4v) is 12.0. The normalized spacial score (nSPS) is 13.6. The molecule has 4 heteroatoms. The first kappa shape index (κ1) is 31.7. The summed E-state index contributed by atoms with van der Waals surface area (Å²) in [7, 11) is 0. The molecule has 0 radical (unpaired) electrons. The van der Waals surface area contributed by atoms with Gasteiger partial charge in [0.1, 0.15) is 0 Å². The van der Waals surface area contributed by atoms with Crippen LogP contribution in [0, 0.1) is 0 Å². The van der Waals surface area contributed by atoms with E-state index in [4.69, 9.17) is 0 Å². The molecule has 0 amide bonds. The minimum absolute atomic E-state index is 0.0353. The molecule has 0 saturated heterocycles. The predicted molar refractivity (Wildman–Crippen MR) is 256 cm³/mol. The minimum atomic E-state index is -0.0353. The second-order valence-corrected chi connectivity index (χ2v) is 18.4. The zero-order valence-corrected chi connectivity index (χ0v) is 33.5. The Morgan fingerprint density at radius 3 is 1.83 bits per heavy atom. The molecule has 0 N–H and O–H groups in total. The van der Waals surface area contributed by atoms with Gasteiger partial charge in [0.15, 0.2) is 0 Å². The van der Waals surface area contributed by atoms with Crippen LogP contribution in [0.25, 0.3) is 120 Å². The molecule has 2 aliphatic heterocycles. The van der Waals surface area contributed by atoms with Crippen LogP contribution in [0.2, 0.25) is 0 Å². The Labute approximate surface area is 345 Å². The summed E-state index contributed by atoms with van der Waals surface area (Å²) in [5.41, 5.74) is 17.0. The van der Waals surface area contributed by atoms with Crippen molar-refractivity contribution in [2.75, 3.05) is 0 Å². The van der Waals surface area contributed by atoms with Gasteiger partial charge in [-0.1, -0.05) is 148 Å². The Hall–Kier alpha value is -7.30. The van der Waals surface area contributed by atoms with Crippen molar-refractivity contribution in [2.24, 2.45) is 0 Å². The van der Waals surface area contributed by atoms with Crippen LogP contribution in [0.3, 0.4) is 0 Å². The van der Waals surface area contributed by atoms with E-state index in [0.29, 0.717) is 0 Å². The van der Waals surface area contributed by atoms with Gasteiger partial charge in [-0.3, -0.25) is 0 Å². The predicted octanol–water partition coefficient (Wildman–Crippen LogP) is 13.1. The monoisotopic (exact) mass is 761 g/mol. The zero-order chi connectivity index (χ0) is 39.3. The molecule has 13 aromatic rings. The summed E-state index contributed by atoms with van der Waals surface area (Å²) in [6.07, 6.45) is 0. The van der Waals surface area contributed by atoms with E-state index >= 15 is 0 Å². The van der Waals surface area contributed by atoms with E-state index in [2.05, 4.69) is 198 Å². The van der Waals surface area contributed by atoms with Crippen LogP contribution in [-0.4, -0.2) is 20.5 Å². The van der Waals surface area contributed by atoms with Gasteiger partial charge in [0.05, 0.1) is 27.8 Å². The SMILES string of the molecule is CC(C)(C)c1cc2ccc3c4c5c(c6ccc(c1)c2c36)-n1c2ccccc2c2cccc(c21)B5n1c2cc3c(cc2c2cccc-4c21)c1ccccc1n3-c1ccccc1. The molecule has 0 spiro atoms. The molecule has 278 valence electrons. The van der Waals surface area contributed by atoms with Gasteiger partial charge in [-0.25, -0.2) is 0 Å². The van der Waals surface area contributed by atoms with Gasteiger partial charge in [0.2, 0.25) is 0 Å². The van der Waals surface area contributed by atoms with Crippen molar-refractivity contribution in [3.05, 3.63) is 169 Å². The number of hydrogen-bond acceptors (Lipinski definition) is 0. The maximum atomic E-state index is 2.74. The van der Waals surface area contributed by atoms with Crippen molar-refractivity contribution in [1.29, 1.82) is 0 Å². The second-order valence-electron chi connectivity index (χ2n) is 18.4. The molecule has 0 unspecified atom stereocenters. The average Bonchev–Trinajstić information content (AvgIpc) is 3.91. The summed E-state index contributed by atoms with van der Waals surface area (Å²) in [5.74, 6) is 0. The molecule has 0 fully saturated rings. The van der Waals surface area contributed by atoms with E-state index in [9.17, 15) is 0 Å². The topological polar surface area (TPSA) is 14.8 Å². The average molecular weight is 762 g/mol. The molecule has 3 nitrogen and oxygen atoms in total. The van der Waals surface area contributed by atoms with Crippen LogP contribution in [0.15, 0.2) is 164 Å².